The molecule has 1 unspecified atom stereocenters. The molecule has 0 spiro atoms. The van der Waals surface area contributed by atoms with Gasteiger partial charge < -0.3 is 19.5 Å². The second-order valence-corrected chi connectivity index (χ2v) is 6.66. The third kappa shape index (κ3) is 3.66. The number of hydrogen-bond donors (Lipinski definition) is 1. The Morgan fingerprint density at radius 3 is 2.84 bits per heavy atom. The van der Waals surface area contributed by atoms with E-state index in [1.54, 1.807) is 7.05 Å². The fourth-order valence-corrected chi connectivity index (χ4v) is 3.40. The minimum atomic E-state index is -0.204. The number of rotatable bonds is 3. The lowest BCUT2D eigenvalue weighted by Gasteiger charge is -2.23. The summed E-state index contributed by atoms with van der Waals surface area (Å²) in [6, 6.07) is 5.81. The van der Waals surface area contributed by atoms with E-state index in [0.717, 1.165) is 23.6 Å². The van der Waals surface area contributed by atoms with Gasteiger partial charge in [0.05, 0.1) is 23.7 Å². The summed E-state index contributed by atoms with van der Waals surface area (Å²) in [5.74, 6) is -0.180. The van der Waals surface area contributed by atoms with Crippen LogP contribution in [0.3, 0.4) is 0 Å². The van der Waals surface area contributed by atoms with Crippen molar-refractivity contribution in [2.75, 3.05) is 40.3 Å². The zero-order chi connectivity index (χ0) is 18.0. The van der Waals surface area contributed by atoms with Gasteiger partial charge in [0.25, 0.3) is 0 Å². The smallest absolute Gasteiger partial charge is 0.228 e. The first kappa shape index (κ1) is 17.4. The van der Waals surface area contributed by atoms with Crippen LogP contribution in [-0.2, 0) is 16.0 Å². The maximum absolute atomic E-state index is 12.9. The van der Waals surface area contributed by atoms with Crippen LogP contribution in [0.1, 0.15) is 11.4 Å². The first-order valence-electron chi connectivity index (χ1n) is 8.60. The van der Waals surface area contributed by atoms with E-state index in [0.29, 0.717) is 26.1 Å². The molecule has 3 heterocycles. The summed E-state index contributed by atoms with van der Waals surface area (Å²) in [4.78, 5) is 33.4. The second kappa shape index (κ2) is 7.23. The van der Waals surface area contributed by atoms with E-state index in [1.165, 1.54) is 0 Å². The normalized spacial score (nSPS) is 19.0. The van der Waals surface area contributed by atoms with Crippen molar-refractivity contribution in [2.24, 2.45) is 5.92 Å². The lowest BCUT2D eigenvalue weighted by molar-refractivity contribution is -0.132. The van der Waals surface area contributed by atoms with Gasteiger partial charge in [-0.2, -0.15) is 0 Å². The van der Waals surface area contributed by atoms with Crippen LogP contribution in [0.4, 0.5) is 0 Å². The third-order valence-electron chi connectivity index (χ3n) is 4.84. The minimum Gasteiger partial charge on any atom is -0.359 e. The van der Waals surface area contributed by atoms with Crippen molar-refractivity contribution >= 4 is 17.5 Å². The van der Waals surface area contributed by atoms with E-state index in [-0.39, 0.29) is 17.7 Å². The van der Waals surface area contributed by atoms with Gasteiger partial charge >= 0.3 is 0 Å². The van der Waals surface area contributed by atoms with Gasteiger partial charge in [-0.1, -0.05) is 6.07 Å². The number of nitrogens with zero attached hydrogens (tertiary/aromatic N) is 4. The Labute approximate surface area is 147 Å². The number of aromatic nitrogens is 2. The van der Waals surface area contributed by atoms with Crippen LogP contribution in [0.15, 0.2) is 24.4 Å². The molecular formula is C18H25N5O2. The zero-order valence-corrected chi connectivity index (χ0v) is 15.0. The fraction of sp³-hybridized carbons (Fsp3) is 0.500. The molecule has 2 amide bonds. The monoisotopic (exact) mass is 343 g/mol. The minimum absolute atomic E-state index is 0.0162. The molecule has 1 atom stereocenters. The van der Waals surface area contributed by atoms with Gasteiger partial charge in [-0.25, -0.2) is 4.98 Å². The second-order valence-electron chi connectivity index (χ2n) is 6.66. The number of likely N-dealkylation sites (N-methyl/N-ethyl adjacent to an activating group) is 1. The van der Waals surface area contributed by atoms with Gasteiger partial charge in [0.2, 0.25) is 11.8 Å². The summed E-state index contributed by atoms with van der Waals surface area (Å²) in [7, 11) is 3.62. The molecule has 1 aliphatic heterocycles. The molecule has 0 aliphatic carbocycles. The number of aryl methyl sites for hydroxylation is 1. The molecule has 0 bridgehead atoms. The van der Waals surface area contributed by atoms with Gasteiger partial charge in [0, 0.05) is 39.4 Å². The standard InChI is InChI=1S/C18H25N5O2/c1-13-15(23-7-5-4-6-16(23)20-13)10-17(24)22-9-8-21(3)11-14(12-22)18(25)19-2/h4-7,14H,8-12H2,1-3H3,(H,19,25). The lowest BCUT2D eigenvalue weighted by Crippen LogP contribution is -2.42. The van der Waals surface area contributed by atoms with E-state index < -0.39 is 0 Å². The van der Waals surface area contributed by atoms with Crippen LogP contribution < -0.4 is 5.32 Å². The Kier molecular flexibility index (Phi) is 5.03. The maximum atomic E-state index is 12.9. The molecule has 1 N–H and O–H groups in total. The van der Waals surface area contributed by atoms with Crippen LogP contribution in [0.2, 0.25) is 0 Å². The number of carbonyl (C=O) groups excluding carboxylic acids is 2. The van der Waals surface area contributed by atoms with E-state index in [4.69, 9.17) is 0 Å². The van der Waals surface area contributed by atoms with E-state index in [9.17, 15) is 9.59 Å². The van der Waals surface area contributed by atoms with E-state index in [2.05, 4.69) is 15.2 Å². The van der Waals surface area contributed by atoms with E-state index >= 15 is 0 Å². The summed E-state index contributed by atoms with van der Waals surface area (Å²) in [6.07, 6.45) is 2.22. The van der Waals surface area contributed by atoms with Gasteiger partial charge in [0.15, 0.2) is 0 Å². The number of amides is 2. The van der Waals surface area contributed by atoms with Crippen LogP contribution >= 0.6 is 0 Å². The number of carbonyl (C=O) groups is 2. The maximum Gasteiger partial charge on any atom is 0.228 e. The van der Waals surface area contributed by atoms with Crippen LogP contribution in [0, 0.1) is 12.8 Å². The average Bonchev–Trinajstić information content (AvgIpc) is 2.78. The van der Waals surface area contributed by atoms with Crippen LogP contribution in [0.25, 0.3) is 5.65 Å². The molecular weight excluding hydrogens is 318 g/mol. The Morgan fingerprint density at radius 1 is 1.28 bits per heavy atom. The molecule has 0 aromatic carbocycles. The van der Waals surface area contributed by atoms with Gasteiger partial charge in [-0.05, 0) is 26.1 Å². The van der Waals surface area contributed by atoms with Crippen molar-refractivity contribution in [1.29, 1.82) is 0 Å². The third-order valence-corrected chi connectivity index (χ3v) is 4.84. The first-order chi connectivity index (χ1) is 12.0. The summed E-state index contributed by atoms with van der Waals surface area (Å²) in [6.45, 7) is 4.46. The number of pyridine rings is 1. The molecule has 7 nitrogen and oxygen atoms in total. The Morgan fingerprint density at radius 2 is 2.08 bits per heavy atom. The number of imidazole rings is 1. The molecule has 7 heteroatoms. The molecule has 134 valence electrons. The van der Waals surface area contributed by atoms with Crippen molar-refractivity contribution in [3.05, 3.63) is 35.8 Å². The quantitative estimate of drug-likeness (QED) is 0.871. The van der Waals surface area contributed by atoms with Crippen molar-refractivity contribution in [3.8, 4) is 0 Å². The molecule has 2 aromatic heterocycles. The predicted octanol–water partition coefficient (Wildman–Crippen LogP) is 0.321. The summed E-state index contributed by atoms with van der Waals surface area (Å²) >= 11 is 0. The number of fused-ring (bicyclic) bond motifs is 1. The SMILES string of the molecule is CNC(=O)C1CN(C)CCN(C(=O)Cc2c(C)nc3ccccn23)C1. The molecule has 25 heavy (non-hydrogen) atoms. The van der Waals surface area contributed by atoms with E-state index in [1.807, 2.05) is 47.7 Å². The fourth-order valence-electron chi connectivity index (χ4n) is 3.40. The molecule has 0 radical (unpaired) electrons. The largest absolute Gasteiger partial charge is 0.359 e. The Bertz CT molecular complexity index is 785. The highest BCUT2D eigenvalue weighted by Gasteiger charge is 2.29. The first-order valence-corrected chi connectivity index (χ1v) is 8.60. The average molecular weight is 343 g/mol. The van der Waals surface area contributed by atoms with Crippen LogP contribution in [0.5, 0.6) is 0 Å². The summed E-state index contributed by atoms with van der Waals surface area (Å²) in [5.41, 5.74) is 2.63. The van der Waals surface area contributed by atoms with Crippen molar-refractivity contribution in [2.45, 2.75) is 13.3 Å². The lowest BCUT2D eigenvalue weighted by atomic mass is 10.1. The summed E-state index contributed by atoms with van der Waals surface area (Å²) < 4.78 is 1.97. The van der Waals surface area contributed by atoms with Crippen molar-refractivity contribution < 1.29 is 9.59 Å². The molecule has 1 fully saturated rings. The van der Waals surface area contributed by atoms with Crippen LogP contribution in [-0.4, -0.2) is 71.3 Å². The summed E-state index contributed by atoms with van der Waals surface area (Å²) in [5, 5.41) is 2.70. The number of hydrogen-bond acceptors (Lipinski definition) is 4. The molecule has 3 rings (SSSR count). The highest BCUT2D eigenvalue weighted by molar-refractivity contribution is 5.82. The molecule has 1 aliphatic rings. The van der Waals surface area contributed by atoms with Gasteiger partial charge in [0.1, 0.15) is 5.65 Å². The van der Waals surface area contributed by atoms with Crippen molar-refractivity contribution in [1.82, 2.24) is 24.5 Å². The Balaban J connectivity index is 1.79. The number of nitrogens with one attached hydrogen (secondary N) is 1. The highest BCUT2D eigenvalue weighted by atomic mass is 16.2. The molecule has 1 saturated heterocycles. The highest BCUT2D eigenvalue weighted by Crippen LogP contribution is 2.15. The van der Waals surface area contributed by atoms with Gasteiger partial charge in [-0.15, -0.1) is 0 Å². The topological polar surface area (TPSA) is 70.0 Å². The molecule has 2 aromatic rings. The molecule has 0 saturated carbocycles. The van der Waals surface area contributed by atoms with Crippen molar-refractivity contribution in [3.63, 3.8) is 0 Å². The Hall–Kier alpha value is -2.41. The predicted molar refractivity (Wildman–Crippen MR) is 95.3 cm³/mol. The zero-order valence-electron chi connectivity index (χ0n) is 15.0. The van der Waals surface area contributed by atoms with Gasteiger partial charge in [-0.3, -0.25) is 9.59 Å².